The molecule has 0 saturated carbocycles. The topological polar surface area (TPSA) is 93.2 Å². The van der Waals surface area contributed by atoms with Gasteiger partial charge in [0, 0.05) is 18.1 Å². The van der Waals surface area contributed by atoms with Crippen molar-refractivity contribution in [3.63, 3.8) is 0 Å². The zero-order valence-corrected chi connectivity index (χ0v) is 17.4. The minimum Gasteiger partial charge on any atom is -0.496 e. The van der Waals surface area contributed by atoms with Crippen LogP contribution in [-0.4, -0.2) is 53.9 Å². The summed E-state index contributed by atoms with van der Waals surface area (Å²) in [6.07, 6.45) is 0.688. The van der Waals surface area contributed by atoms with Gasteiger partial charge in [-0.15, -0.1) is 0 Å². The number of hydrogen-bond donors (Lipinski definition) is 0. The standard InChI is InChI=1S/C22H19ClN2O6/c1-30-18-7-6-14(23)12-17(18)19(26)24-10-8-13(9-11-24)22(29)31-25-20(27)15-4-2-3-5-16(15)21(25)28/h2-7,12-13H,8-11H2,1H3. The lowest BCUT2D eigenvalue weighted by Crippen LogP contribution is -2.42. The predicted molar refractivity (Wildman–Crippen MR) is 110 cm³/mol. The van der Waals surface area contributed by atoms with Crippen LogP contribution in [0.5, 0.6) is 5.75 Å². The van der Waals surface area contributed by atoms with Crippen molar-refractivity contribution in [3.05, 3.63) is 64.2 Å². The Hall–Kier alpha value is -3.39. The van der Waals surface area contributed by atoms with Crippen molar-refractivity contribution in [2.24, 2.45) is 5.92 Å². The third kappa shape index (κ3) is 3.86. The minimum absolute atomic E-state index is 0.205. The number of rotatable bonds is 4. The highest BCUT2D eigenvalue weighted by molar-refractivity contribution is 6.31. The van der Waals surface area contributed by atoms with E-state index >= 15 is 0 Å². The van der Waals surface area contributed by atoms with Crippen LogP contribution in [-0.2, 0) is 9.63 Å². The van der Waals surface area contributed by atoms with Gasteiger partial charge in [0.1, 0.15) is 5.75 Å². The SMILES string of the molecule is COc1ccc(Cl)cc1C(=O)N1CCC(C(=O)ON2C(=O)c3ccccc3C2=O)CC1. The number of benzene rings is 2. The molecule has 0 unspecified atom stereocenters. The Labute approximate surface area is 183 Å². The lowest BCUT2D eigenvalue weighted by atomic mass is 9.96. The number of carbonyl (C=O) groups excluding carboxylic acids is 4. The molecule has 8 nitrogen and oxygen atoms in total. The van der Waals surface area contributed by atoms with E-state index in [1.165, 1.54) is 19.2 Å². The van der Waals surface area contributed by atoms with Crippen LogP contribution < -0.4 is 4.74 Å². The van der Waals surface area contributed by atoms with E-state index in [2.05, 4.69) is 0 Å². The number of hydrogen-bond acceptors (Lipinski definition) is 6. The molecule has 0 N–H and O–H groups in total. The van der Waals surface area contributed by atoms with E-state index in [0.717, 1.165) is 0 Å². The molecule has 2 aromatic carbocycles. The van der Waals surface area contributed by atoms with Crippen LogP contribution in [0.2, 0.25) is 5.02 Å². The molecule has 31 heavy (non-hydrogen) atoms. The Kier molecular flexibility index (Phi) is 5.65. The number of methoxy groups -OCH3 is 1. The first-order valence-electron chi connectivity index (χ1n) is 9.73. The summed E-state index contributed by atoms with van der Waals surface area (Å²) in [6, 6.07) is 11.1. The van der Waals surface area contributed by atoms with Crippen molar-refractivity contribution in [1.29, 1.82) is 0 Å². The fraction of sp³-hybridized carbons (Fsp3) is 0.273. The van der Waals surface area contributed by atoms with E-state index in [1.54, 1.807) is 35.2 Å². The maximum atomic E-state index is 12.9. The van der Waals surface area contributed by atoms with Gasteiger partial charge >= 0.3 is 5.97 Å². The lowest BCUT2D eigenvalue weighted by molar-refractivity contribution is -0.175. The average Bonchev–Trinajstić information content (AvgIpc) is 3.03. The highest BCUT2D eigenvalue weighted by Gasteiger charge is 2.40. The summed E-state index contributed by atoms with van der Waals surface area (Å²) in [5, 5.41) is 0.935. The van der Waals surface area contributed by atoms with Crippen molar-refractivity contribution in [2.75, 3.05) is 20.2 Å². The Morgan fingerprint density at radius 1 is 1.00 bits per heavy atom. The normalized spacial score (nSPS) is 16.3. The first kappa shape index (κ1) is 20.9. The van der Waals surface area contributed by atoms with E-state index < -0.39 is 23.7 Å². The van der Waals surface area contributed by atoms with Gasteiger partial charge in [0.2, 0.25) is 0 Å². The molecule has 9 heteroatoms. The number of likely N-dealkylation sites (tertiary alicyclic amines) is 1. The summed E-state index contributed by atoms with van der Waals surface area (Å²) in [5.74, 6) is -2.34. The number of amides is 3. The van der Waals surface area contributed by atoms with E-state index in [-0.39, 0.29) is 17.0 Å². The summed E-state index contributed by atoms with van der Waals surface area (Å²) < 4.78 is 5.24. The van der Waals surface area contributed by atoms with Gasteiger partial charge in [-0.3, -0.25) is 14.4 Å². The van der Waals surface area contributed by atoms with Gasteiger partial charge in [0.15, 0.2) is 0 Å². The second kappa shape index (κ2) is 8.39. The zero-order valence-electron chi connectivity index (χ0n) is 16.7. The largest absolute Gasteiger partial charge is 0.496 e. The second-order valence-electron chi connectivity index (χ2n) is 7.27. The van der Waals surface area contributed by atoms with Crippen LogP contribution >= 0.6 is 11.6 Å². The highest BCUT2D eigenvalue weighted by atomic mass is 35.5. The number of carbonyl (C=O) groups is 4. The molecule has 0 aromatic heterocycles. The number of fused-ring (bicyclic) bond motifs is 1. The summed E-state index contributed by atoms with van der Waals surface area (Å²) in [5.41, 5.74) is 0.759. The molecule has 1 fully saturated rings. The number of ether oxygens (including phenoxy) is 1. The second-order valence-corrected chi connectivity index (χ2v) is 7.71. The molecule has 0 bridgehead atoms. The van der Waals surface area contributed by atoms with Gasteiger partial charge in [-0.05, 0) is 43.2 Å². The maximum Gasteiger partial charge on any atom is 0.336 e. The van der Waals surface area contributed by atoms with Gasteiger partial charge in [0.25, 0.3) is 17.7 Å². The van der Waals surface area contributed by atoms with Crippen molar-refractivity contribution in [2.45, 2.75) is 12.8 Å². The molecule has 3 amide bonds. The number of nitrogens with zero attached hydrogens (tertiary/aromatic N) is 2. The summed E-state index contributed by atoms with van der Waals surface area (Å²) >= 11 is 6.01. The summed E-state index contributed by atoms with van der Waals surface area (Å²) in [7, 11) is 1.47. The third-order valence-corrected chi connectivity index (χ3v) is 5.68. The summed E-state index contributed by atoms with van der Waals surface area (Å²) in [6.45, 7) is 0.632. The molecule has 2 aliphatic rings. The molecule has 0 aliphatic carbocycles. The fourth-order valence-electron chi connectivity index (χ4n) is 3.75. The van der Waals surface area contributed by atoms with Crippen LogP contribution in [0.4, 0.5) is 0 Å². The lowest BCUT2D eigenvalue weighted by Gasteiger charge is -2.31. The zero-order chi connectivity index (χ0) is 22.1. The molecule has 0 radical (unpaired) electrons. The minimum atomic E-state index is -0.665. The van der Waals surface area contributed by atoms with Crippen LogP contribution in [0.3, 0.4) is 0 Å². The van der Waals surface area contributed by atoms with E-state index in [0.29, 0.717) is 47.3 Å². The van der Waals surface area contributed by atoms with Crippen LogP contribution in [0.15, 0.2) is 42.5 Å². The molecule has 4 rings (SSSR count). The van der Waals surface area contributed by atoms with Crippen LogP contribution in [0.25, 0.3) is 0 Å². The maximum absolute atomic E-state index is 12.9. The monoisotopic (exact) mass is 442 g/mol. The first-order valence-corrected chi connectivity index (χ1v) is 10.1. The molecule has 1 saturated heterocycles. The molecule has 2 aliphatic heterocycles. The van der Waals surface area contributed by atoms with Crippen molar-refractivity contribution in [1.82, 2.24) is 9.96 Å². The molecule has 0 spiro atoms. The van der Waals surface area contributed by atoms with Crippen LogP contribution in [0.1, 0.15) is 43.9 Å². The Morgan fingerprint density at radius 3 is 2.19 bits per heavy atom. The van der Waals surface area contributed by atoms with Gasteiger partial charge in [-0.25, -0.2) is 4.79 Å². The molecule has 2 aromatic rings. The molecular formula is C22H19ClN2O6. The van der Waals surface area contributed by atoms with Crippen molar-refractivity contribution in [3.8, 4) is 5.75 Å². The molecule has 2 heterocycles. The Balaban J connectivity index is 1.38. The Bertz CT molecular complexity index is 1040. The van der Waals surface area contributed by atoms with E-state index in [9.17, 15) is 19.2 Å². The van der Waals surface area contributed by atoms with Gasteiger partial charge in [-0.2, -0.15) is 0 Å². The van der Waals surface area contributed by atoms with Crippen molar-refractivity contribution < 1.29 is 28.8 Å². The van der Waals surface area contributed by atoms with Crippen LogP contribution in [0, 0.1) is 5.92 Å². The predicted octanol–water partition coefficient (Wildman–Crippen LogP) is 2.96. The number of halogens is 1. The number of imide groups is 1. The van der Waals surface area contributed by atoms with Gasteiger partial charge < -0.3 is 14.5 Å². The fourth-order valence-corrected chi connectivity index (χ4v) is 3.92. The number of hydroxylamine groups is 2. The average molecular weight is 443 g/mol. The quantitative estimate of drug-likeness (QED) is 0.676. The number of piperidine rings is 1. The van der Waals surface area contributed by atoms with Gasteiger partial charge in [0.05, 0.1) is 29.7 Å². The summed E-state index contributed by atoms with van der Waals surface area (Å²) in [4.78, 5) is 56.9. The van der Waals surface area contributed by atoms with Gasteiger partial charge in [-0.1, -0.05) is 28.8 Å². The molecule has 0 atom stereocenters. The Morgan fingerprint density at radius 2 is 1.61 bits per heavy atom. The first-order chi connectivity index (χ1) is 14.9. The van der Waals surface area contributed by atoms with Crippen molar-refractivity contribution >= 4 is 35.3 Å². The highest BCUT2D eigenvalue weighted by Crippen LogP contribution is 2.28. The third-order valence-electron chi connectivity index (χ3n) is 5.45. The van der Waals surface area contributed by atoms with E-state index in [1.807, 2.05) is 0 Å². The molecular weight excluding hydrogens is 424 g/mol. The molecule has 160 valence electrons. The van der Waals surface area contributed by atoms with E-state index in [4.69, 9.17) is 21.2 Å². The smallest absolute Gasteiger partial charge is 0.336 e.